The Hall–Kier alpha value is -2.53. The summed E-state index contributed by atoms with van der Waals surface area (Å²) in [5.41, 5.74) is 4.51. The molecule has 0 aliphatic heterocycles. The van der Waals surface area contributed by atoms with Crippen LogP contribution in [-0.4, -0.2) is 23.6 Å². The summed E-state index contributed by atoms with van der Waals surface area (Å²) in [4.78, 5) is 26.0. The van der Waals surface area contributed by atoms with Crippen LogP contribution in [0.3, 0.4) is 0 Å². The van der Waals surface area contributed by atoms with Crippen molar-refractivity contribution in [1.82, 2.24) is 4.90 Å². The van der Waals surface area contributed by atoms with Crippen LogP contribution < -0.4 is 5.63 Å². The lowest BCUT2D eigenvalue weighted by atomic mass is 10.0. The summed E-state index contributed by atoms with van der Waals surface area (Å²) in [5.74, 6) is 1.04. The molecular formula is C22H23NO3S. The molecule has 1 aromatic heterocycles. The molecule has 1 heterocycles. The number of fused-ring (bicyclic) bond motifs is 1. The second-order valence-corrected chi connectivity index (χ2v) is 7.74. The number of nitrogens with zero attached hydrogens (tertiary/aromatic N) is 1. The Morgan fingerprint density at radius 3 is 2.52 bits per heavy atom. The first-order chi connectivity index (χ1) is 12.9. The highest BCUT2D eigenvalue weighted by atomic mass is 32.2. The molecule has 0 unspecified atom stereocenters. The third kappa shape index (κ3) is 4.80. The van der Waals surface area contributed by atoms with Crippen LogP contribution >= 0.6 is 11.8 Å². The van der Waals surface area contributed by atoms with Gasteiger partial charge in [-0.3, -0.25) is 4.79 Å². The summed E-state index contributed by atoms with van der Waals surface area (Å²) in [6, 6.07) is 15.4. The van der Waals surface area contributed by atoms with Crippen LogP contribution in [0.25, 0.3) is 11.0 Å². The van der Waals surface area contributed by atoms with Crippen LogP contribution in [0.5, 0.6) is 0 Å². The topological polar surface area (TPSA) is 50.5 Å². The Morgan fingerprint density at radius 1 is 1.07 bits per heavy atom. The SMILES string of the molecule is Cc1cc2oc(=O)cc(CSCC(=O)N(C)Cc3ccccc3)c2cc1C. The third-order valence-electron chi connectivity index (χ3n) is 4.62. The van der Waals surface area contributed by atoms with Crippen molar-refractivity contribution < 1.29 is 9.21 Å². The predicted octanol–water partition coefficient (Wildman–Crippen LogP) is 4.30. The summed E-state index contributed by atoms with van der Waals surface area (Å²) in [6.07, 6.45) is 0. The van der Waals surface area contributed by atoms with Crippen LogP contribution in [0.1, 0.15) is 22.3 Å². The van der Waals surface area contributed by atoms with Gasteiger partial charge in [-0.15, -0.1) is 11.8 Å². The monoisotopic (exact) mass is 381 g/mol. The number of carbonyl (C=O) groups is 1. The maximum Gasteiger partial charge on any atom is 0.336 e. The van der Waals surface area contributed by atoms with E-state index < -0.39 is 0 Å². The van der Waals surface area contributed by atoms with E-state index in [4.69, 9.17) is 4.42 Å². The summed E-state index contributed by atoms with van der Waals surface area (Å²) in [7, 11) is 1.81. The molecule has 27 heavy (non-hydrogen) atoms. The summed E-state index contributed by atoms with van der Waals surface area (Å²) in [5, 5.41) is 0.940. The van der Waals surface area contributed by atoms with Crippen molar-refractivity contribution in [2.45, 2.75) is 26.1 Å². The number of hydrogen-bond donors (Lipinski definition) is 0. The average molecular weight is 381 g/mol. The first kappa shape index (κ1) is 19.2. The van der Waals surface area contributed by atoms with Crippen LogP contribution in [0.4, 0.5) is 0 Å². The van der Waals surface area contributed by atoms with Gasteiger partial charge in [-0.1, -0.05) is 30.3 Å². The number of rotatable bonds is 6. The van der Waals surface area contributed by atoms with Crippen LogP contribution in [0.15, 0.2) is 57.7 Å². The van der Waals surface area contributed by atoms with Crippen LogP contribution in [0.2, 0.25) is 0 Å². The van der Waals surface area contributed by atoms with E-state index in [1.54, 1.807) is 4.90 Å². The van der Waals surface area contributed by atoms with Gasteiger partial charge >= 0.3 is 5.63 Å². The van der Waals surface area contributed by atoms with Gasteiger partial charge in [0, 0.05) is 30.8 Å². The van der Waals surface area contributed by atoms with Gasteiger partial charge in [0.05, 0.1) is 5.75 Å². The number of amides is 1. The predicted molar refractivity (Wildman–Crippen MR) is 111 cm³/mol. The van der Waals surface area contributed by atoms with E-state index in [0.717, 1.165) is 27.6 Å². The number of benzene rings is 2. The quantitative estimate of drug-likeness (QED) is 0.597. The van der Waals surface area contributed by atoms with Crippen LogP contribution in [-0.2, 0) is 17.1 Å². The van der Waals surface area contributed by atoms with Gasteiger partial charge in [-0.05, 0) is 48.2 Å². The normalized spacial score (nSPS) is 10.9. The molecule has 1 amide bonds. The van der Waals surface area contributed by atoms with Gasteiger partial charge in [0.25, 0.3) is 0 Å². The number of thioether (sulfide) groups is 1. The molecule has 0 saturated carbocycles. The molecule has 0 atom stereocenters. The third-order valence-corrected chi connectivity index (χ3v) is 5.58. The Labute approximate surface area is 163 Å². The van der Waals surface area contributed by atoms with E-state index in [1.165, 1.54) is 17.8 Å². The molecule has 0 N–H and O–H groups in total. The Balaban J connectivity index is 1.65. The first-order valence-electron chi connectivity index (χ1n) is 8.83. The zero-order valence-electron chi connectivity index (χ0n) is 15.8. The Morgan fingerprint density at radius 2 is 1.78 bits per heavy atom. The Bertz CT molecular complexity index is 1010. The lowest BCUT2D eigenvalue weighted by Gasteiger charge is -2.17. The second kappa shape index (κ2) is 8.44. The molecule has 0 fully saturated rings. The summed E-state index contributed by atoms with van der Waals surface area (Å²) < 4.78 is 5.33. The second-order valence-electron chi connectivity index (χ2n) is 6.75. The lowest BCUT2D eigenvalue weighted by Crippen LogP contribution is -2.27. The molecule has 0 aliphatic rings. The van der Waals surface area contributed by atoms with E-state index in [2.05, 4.69) is 0 Å². The van der Waals surface area contributed by atoms with E-state index >= 15 is 0 Å². The molecule has 0 aliphatic carbocycles. The molecule has 5 heteroatoms. The maximum absolute atomic E-state index is 12.4. The minimum Gasteiger partial charge on any atom is -0.423 e. The largest absolute Gasteiger partial charge is 0.423 e. The van der Waals surface area contributed by atoms with Gasteiger partial charge in [0.1, 0.15) is 5.58 Å². The van der Waals surface area contributed by atoms with Crippen molar-refractivity contribution in [3.8, 4) is 0 Å². The highest BCUT2D eigenvalue weighted by Crippen LogP contribution is 2.24. The van der Waals surface area contributed by atoms with Crippen molar-refractivity contribution >= 4 is 28.6 Å². The molecule has 0 spiro atoms. The smallest absolute Gasteiger partial charge is 0.336 e. The number of hydrogen-bond acceptors (Lipinski definition) is 4. The molecule has 140 valence electrons. The standard InChI is InChI=1S/C22H23NO3S/c1-15-9-19-18(11-22(25)26-20(19)10-16(15)2)13-27-14-21(24)23(3)12-17-7-5-4-6-8-17/h4-11H,12-14H2,1-3H3. The van der Waals surface area contributed by atoms with Crippen molar-refractivity contribution in [2.75, 3.05) is 12.8 Å². The highest BCUT2D eigenvalue weighted by Gasteiger charge is 2.12. The van der Waals surface area contributed by atoms with E-state index in [1.807, 2.05) is 63.4 Å². The fraction of sp³-hybridized carbons (Fsp3) is 0.273. The maximum atomic E-state index is 12.4. The molecule has 2 aromatic carbocycles. The number of aryl methyl sites for hydroxylation is 2. The fourth-order valence-electron chi connectivity index (χ4n) is 2.91. The zero-order valence-corrected chi connectivity index (χ0v) is 16.6. The van der Waals surface area contributed by atoms with Gasteiger partial charge < -0.3 is 9.32 Å². The van der Waals surface area contributed by atoms with Crippen molar-refractivity contribution in [1.29, 1.82) is 0 Å². The van der Waals surface area contributed by atoms with Crippen molar-refractivity contribution in [3.63, 3.8) is 0 Å². The van der Waals surface area contributed by atoms with Crippen molar-refractivity contribution in [3.05, 3.63) is 81.2 Å². The molecule has 4 nitrogen and oxygen atoms in total. The van der Waals surface area contributed by atoms with Gasteiger partial charge in [0.15, 0.2) is 0 Å². The minimum absolute atomic E-state index is 0.0724. The van der Waals surface area contributed by atoms with E-state index in [9.17, 15) is 9.59 Å². The molecule has 0 saturated heterocycles. The summed E-state index contributed by atoms with van der Waals surface area (Å²) >= 11 is 1.52. The molecule has 3 aromatic rings. The number of carbonyl (C=O) groups excluding carboxylic acids is 1. The van der Waals surface area contributed by atoms with Gasteiger partial charge in [0.2, 0.25) is 5.91 Å². The minimum atomic E-state index is -0.353. The average Bonchev–Trinajstić information content (AvgIpc) is 2.64. The first-order valence-corrected chi connectivity index (χ1v) is 9.99. The van der Waals surface area contributed by atoms with Crippen LogP contribution in [0, 0.1) is 13.8 Å². The molecular weight excluding hydrogens is 358 g/mol. The van der Waals surface area contributed by atoms with E-state index in [0.29, 0.717) is 23.6 Å². The van der Waals surface area contributed by atoms with Gasteiger partial charge in [-0.2, -0.15) is 0 Å². The molecule has 0 radical (unpaired) electrons. The zero-order chi connectivity index (χ0) is 19.4. The molecule has 0 bridgehead atoms. The Kier molecular flexibility index (Phi) is 6.01. The fourth-order valence-corrected chi connectivity index (χ4v) is 3.86. The molecule has 3 rings (SSSR count). The highest BCUT2D eigenvalue weighted by molar-refractivity contribution is 7.99. The lowest BCUT2D eigenvalue weighted by molar-refractivity contribution is -0.127. The van der Waals surface area contributed by atoms with Crippen molar-refractivity contribution in [2.24, 2.45) is 0 Å². The van der Waals surface area contributed by atoms with Gasteiger partial charge in [-0.25, -0.2) is 4.79 Å². The summed E-state index contributed by atoms with van der Waals surface area (Å²) in [6.45, 7) is 4.63. The van der Waals surface area contributed by atoms with E-state index in [-0.39, 0.29) is 11.5 Å².